The minimum absolute atomic E-state index is 0.0349. The molecule has 25 heavy (non-hydrogen) atoms. The topological polar surface area (TPSA) is 98.5 Å². The van der Waals surface area contributed by atoms with Crippen molar-refractivity contribution in [3.8, 4) is 0 Å². The van der Waals surface area contributed by atoms with Crippen LogP contribution in [0.2, 0.25) is 0 Å². The van der Waals surface area contributed by atoms with Gasteiger partial charge in [0.05, 0.1) is 9.82 Å². The highest BCUT2D eigenvalue weighted by Gasteiger charge is 2.32. The number of nitro benzene ring substituents is 1. The third-order valence-electron chi connectivity index (χ3n) is 4.17. The summed E-state index contributed by atoms with van der Waals surface area (Å²) in [5.41, 5.74) is -0.0933. The average Bonchev–Trinajstić information content (AvgIpc) is 2.64. The Morgan fingerprint density at radius 3 is 2.20 bits per heavy atom. The number of non-ortho nitro benzene ring substituents is 1. The van der Waals surface area contributed by atoms with Crippen LogP contribution in [-0.4, -0.2) is 27.0 Å². The van der Waals surface area contributed by atoms with Crippen molar-refractivity contribution in [1.29, 1.82) is 0 Å². The first-order valence-electron chi connectivity index (χ1n) is 7.69. The van der Waals surface area contributed by atoms with Crippen LogP contribution < -0.4 is 4.72 Å². The Morgan fingerprint density at radius 1 is 1.12 bits per heavy atom. The molecule has 2 aromatic rings. The van der Waals surface area contributed by atoms with Gasteiger partial charge in [0.25, 0.3) is 5.69 Å². The smallest absolute Gasteiger partial charge is 0.269 e. The van der Waals surface area contributed by atoms with Crippen LogP contribution in [0.5, 0.6) is 0 Å². The van der Waals surface area contributed by atoms with Gasteiger partial charge in [-0.2, -0.15) is 0 Å². The number of ether oxygens (including phenoxy) is 1. The first-order chi connectivity index (χ1) is 11.8. The summed E-state index contributed by atoms with van der Waals surface area (Å²) in [4.78, 5) is 10.1. The van der Waals surface area contributed by atoms with E-state index in [1.54, 1.807) is 0 Å². The highest BCUT2D eigenvalue weighted by Crippen LogP contribution is 2.28. The minimum atomic E-state index is -3.82. The Hall–Kier alpha value is -2.29. The summed E-state index contributed by atoms with van der Waals surface area (Å²) in [6, 6.07) is 14.1. The summed E-state index contributed by atoms with van der Waals surface area (Å²) in [6.07, 6.45) is 0.566. The number of nitro groups is 1. The van der Waals surface area contributed by atoms with E-state index in [0.29, 0.717) is 6.42 Å². The Balaban J connectivity index is 2.23. The summed E-state index contributed by atoms with van der Waals surface area (Å²) in [7, 11) is -2.28. The van der Waals surface area contributed by atoms with Crippen molar-refractivity contribution in [2.24, 2.45) is 0 Å². The summed E-state index contributed by atoms with van der Waals surface area (Å²) in [6.45, 7) is 1.96. The number of methoxy groups -OCH3 is 1. The zero-order chi connectivity index (χ0) is 18.5. The Morgan fingerprint density at radius 2 is 1.72 bits per heavy atom. The molecule has 1 N–H and O–H groups in total. The number of nitrogens with zero attached hydrogens (tertiary/aromatic N) is 1. The van der Waals surface area contributed by atoms with E-state index in [0.717, 1.165) is 17.7 Å². The van der Waals surface area contributed by atoms with Gasteiger partial charge in [-0.1, -0.05) is 37.3 Å². The Bertz CT molecular complexity index is 816. The predicted molar refractivity (Wildman–Crippen MR) is 93.7 cm³/mol. The molecule has 0 saturated carbocycles. The summed E-state index contributed by atoms with van der Waals surface area (Å²) < 4.78 is 33.2. The maximum absolute atomic E-state index is 12.5. The Kier molecular flexibility index (Phi) is 5.89. The molecule has 2 aromatic carbocycles. The highest BCUT2D eigenvalue weighted by atomic mass is 32.2. The largest absolute Gasteiger partial charge is 0.372 e. The van der Waals surface area contributed by atoms with E-state index >= 15 is 0 Å². The van der Waals surface area contributed by atoms with Crippen molar-refractivity contribution in [1.82, 2.24) is 4.72 Å². The second-order valence-electron chi connectivity index (χ2n) is 5.49. The number of rotatable bonds is 8. The molecule has 0 amide bonds. The van der Waals surface area contributed by atoms with Gasteiger partial charge in [-0.15, -0.1) is 0 Å². The number of hydrogen-bond donors (Lipinski definition) is 1. The van der Waals surface area contributed by atoms with Crippen LogP contribution in [-0.2, 0) is 20.4 Å². The van der Waals surface area contributed by atoms with Gasteiger partial charge in [-0.3, -0.25) is 10.1 Å². The summed E-state index contributed by atoms with van der Waals surface area (Å²) >= 11 is 0. The van der Waals surface area contributed by atoms with Gasteiger partial charge < -0.3 is 4.74 Å². The van der Waals surface area contributed by atoms with Gasteiger partial charge in [-0.25, -0.2) is 13.1 Å². The van der Waals surface area contributed by atoms with Gasteiger partial charge in [0.15, 0.2) is 0 Å². The molecule has 0 aliphatic heterocycles. The van der Waals surface area contributed by atoms with Crippen molar-refractivity contribution in [2.75, 3.05) is 13.7 Å². The molecular formula is C17H20N2O5S. The molecule has 0 aliphatic carbocycles. The van der Waals surface area contributed by atoms with Crippen LogP contribution in [0, 0.1) is 10.1 Å². The number of hydrogen-bond acceptors (Lipinski definition) is 5. The molecule has 0 saturated heterocycles. The quantitative estimate of drug-likeness (QED) is 0.574. The fraction of sp³-hybridized carbons (Fsp3) is 0.294. The van der Waals surface area contributed by atoms with E-state index in [1.165, 1.54) is 19.2 Å². The molecular weight excluding hydrogens is 344 g/mol. The maximum Gasteiger partial charge on any atom is 0.269 e. The Labute approximate surface area is 146 Å². The van der Waals surface area contributed by atoms with E-state index in [-0.39, 0.29) is 17.1 Å². The first kappa shape index (κ1) is 19.0. The molecule has 0 radical (unpaired) electrons. The van der Waals surface area contributed by atoms with Gasteiger partial charge in [0, 0.05) is 25.8 Å². The SMILES string of the molecule is CCC(CNS(=O)(=O)c1ccc([N+](=O)[O-])cc1)(OC)c1ccccc1. The molecule has 0 fully saturated rings. The summed E-state index contributed by atoms with van der Waals surface area (Å²) in [5, 5.41) is 10.7. The molecule has 0 aliphatic rings. The molecule has 134 valence electrons. The van der Waals surface area contributed by atoms with Gasteiger partial charge in [0.1, 0.15) is 5.60 Å². The van der Waals surface area contributed by atoms with Gasteiger partial charge >= 0.3 is 0 Å². The van der Waals surface area contributed by atoms with Crippen molar-refractivity contribution in [3.05, 3.63) is 70.3 Å². The van der Waals surface area contributed by atoms with Crippen LogP contribution in [0.3, 0.4) is 0 Å². The molecule has 0 spiro atoms. The zero-order valence-corrected chi connectivity index (χ0v) is 14.8. The molecule has 1 unspecified atom stereocenters. The molecule has 7 nitrogen and oxygen atoms in total. The van der Waals surface area contributed by atoms with Crippen molar-refractivity contribution in [3.63, 3.8) is 0 Å². The third-order valence-corrected chi connectivity index (χ3v) is 5.58. The first-order valence-corrected chi connectivity index (χ1v) is 9.18. The lowest BCUT2D eigenvalue weighted by Crippen LogP contribution is -2.41. The van der Waals surface area contributed by atoms with E-state index < -0.39 is 20.5 Å². The highest BCUT2D eigenvalue weighted by molar-refractivity contribution is 7.89. The number of nitrogens with one attached hydrogen (secondary N) is 1. The van der Waals surface area contributed by atoms with Crippen LogP contribution in [0.25, 0.3) is 0 Å². The molecule has 2 rings (SSSR count). The number of sulfonamides is 1. The minimum Gasteiger partial charge on any atom is -0.372 e. The second-order valence-corrected chi connectivity index (χ2v) is 7.26. The van der Waals surface area contributed by atoms with Crippen LogP contribution >= 0.6 is 0 Å². The zero-order valence-electron chi connectivity index (χ0n) is 14.0. The standard InChI is InChI=1S/C17H20N2O5S/c1-3-17(24-2,14-7-5-4-6-8-14)13-18-25(22,23)16-11-9-15(10-12-16)19(20)21/h4-12,18H,3,13H2,1-2H3. The fourth-order valence-electron chi connectivity index (χ4n) is 2.55. The molecule has 8 heteroatoms. The fourth-order valence-corrected chi connectivity index (χ4v) is 3.63. The van der Waals surface area contributed by atoms with Crippen molar-refractivity contribution >= 4 is 15.7 Å². The lowest BCUT2D eigenvalue weighted by Gasteiger charge is -2.32. The van der Waals surface area contributed by atoms with E-state index in [4.69, 9.17) is 4.74 Å². The average molecular weight is 364 g/mol. The van der Waals surface area contributed by atoms with Crippen molar-refractivity contribution < 1.29 is 18.1 Å². The predicted octanol–water partition coefficient (Wildman–Crippen LogP) is 2.83. The maximum atomic E-state index is 12.5. The summed E-state index contributed by atoms with van der Waals surface area (Å²) in [5.74, 6) is 0. The van der Waals surface area contributed by atoms with Crippen molar-refractivity contribution in [2.45, 2.75) is 23.8 Å². The van der Waals surface area contributed by atoms with Gasteiger partial charge in [0.2, 0.25) is 10.0 Å². The van der Waals surface area contributed by atoms with E-state index in [2.05, 4.69) is 4.72 Å². The van der Waals surface area contributed by atoms with Gasteiger partial charge in [-0.05, 0) is 24.1 Å². The lowest BCUT2D eigenvalue weighted by atomic mass is 9.91. The van der Waals surface area contributed by atoms with Crippen LogP contribution in [0.4, 0.5) is 5.69 Å². The molecule has 1 atom stereocenters. The monoisotopic (exact) mass is 364 g/mol. The third kappa shape index (κ3) is 4.22. The second kappa shape index (κ2) is 7.73. The molecule has 0 aromatic heterocycles. The molecule has 0 bridgehead atoms. The van der Waals surface area contributed by atoms with Crippen LogP contribution in [0.15, 0.2) is 59.5 Å². The van der Waals surface area contributed by atoms with E-state index in [1.807, 2.05) is 37.3 Å². The molecule has 0 heterocycles. The number of benzene rings is 2. The van der Waals surface area contributed by atoms with E-state index in [9.17, 15) is 18.5 Å². The normalized spacial score (nSPS) is 14.0. The van der Waals surface area contributed by atoms with Crippen LogP contribution in [0.1, 0.15) is 18.9 Å². The lowest BCUT2D eigenvalue weighted by molar-refractivity contribution is -0.384.